The molecule has 7 heteroatoms. The molecule has 0 bridgehead atoms. The van der Waals surface area contributed by atoms with Gasteiger partial charge >= 0.3 is 5.69 Å². The fraction of sp³-hybridized carbons (Fsp3) is 0.333. The Kier molecular flexibility index (Phi) is 4.06. The topological polar surface area (TPSA) is 76.7 Å². The molecule has 0 fully saturated rings. The summed E-state index contributed by atoms with van der Waals surface area (Å²) in [4.78, 5) is 11.9. The van der Waals surface area contributed by atoms with Gasteiger partial charge in [0.25, 0.3) is 0 Å². The second kappa shape index (κ2) is 5.58. The van der Waals surface area contributed by atoms with Crippen LogP contribution in [0.5, 0.6) is 0 Å². The number of halogens is 1. The number of nitrogens with two attached hydrogens (primary N) is 1. The molecule has 1 aromatic heterocycles. The van der Waals surface area contributed by atoms with Gasteiger partial charge in [-0.05, 0) is 37.2 Å². The fourth-order valence-electron chi connectivity index (χ4n) is 1.74. The molecule has 0 amide bonds. The zero-order valence-electron chi connectivity index (χ0n) is 10.7. The van der Waals surface area contributed by atoms with Crippen molar-refractivity contribution in [2.45, 2.75) is 36.5 Å². The molecule has 0 radical (unpaired) electrons. The minimum absolute atomic E-state index is 0.293. The van der Waals surface area contributed by atoms with E-state index in [-0.39, 0.29) is 17.5 Å². The molecule has 0 spiro atoms. The van der Waals surface area contributed by atoms with Crippen molar-refractivity contribution in [1.82, 2.24) is 14.8 Å². The standard InChI is InChI=1S/C12H15FN4OS/c1-3-17-11(18)15-16-12(17)19-10-8(7(2)14)5-4-6-9(10)13/h4-7H,3,14H2,1-2H3,(H,15,18)/t7-/m0/s1. The van der Waals surface area contributed by atoms with Crippen LogP contribution in [-0.4, -0.2) is 14.8 Å². The maximum Gasteiger partial charge on any atom is 0.343 e. The van der Waals surface area contributed by atoms with Crippen LogP contribution in [0.4, 0.5) is 4.39 Å². The smallest absolute Gasteiger partial charge is 0.324 e. The summed E-state index contributed by atoms with van der Waals surface area (Å²) < 4.78 is 15.4. The summed E-state index contributed by atoms with van der Waals surface area (Å²) in [7, 11) is 0. The van der Waals surface area contributed by atoms with Crippen LogP contribution < -0.4 is 11.4 Å². The van der Waals surface area contributed by atoms with Gasteiger partial charge in [0.05, 0.1) is 4.90 Å². The molecular formula is C12H15FN4OS. The first-order valence-corrected chi connectivity index (χ1v) is 6.73. The molecule has 0 saturated carbocycles. The Balaban J connectivity index is 2.46. The molecule has 1 heterocycles. The second-order valence-corrected chi connectivity index (χ2v) is 5.08. The van der Waals surface area contributed by atoms with E-state index in [2.05, 4.69) is 10.2 Å². The minimum atomic E-state index is -0.363. The Bertz CT molecular complexity index is 635. The maximum absolute atomic E-state index is 13.9. The van der Waals surface area contributed by atoms with E-state index < -0.39 is 0 Å². The fourth-order valence-corrected chi connectivity index (χ4v) is 2.88. The van der Waals surface area contributed by atoms with Gasteiger partial charge < -0.3 is 5.73 Å². The maximum atomic E-state index is 13.9. The number of H-pyrrole nitrogens is 1. The number of hydrogen-bond donors (Lipinski definition) is 2. The molecule has 0 aliphatic rings. The average Bonchev–Trinajstić information content (AvgIpc) is 2.72. The summed E-state index contributed by atoms with van der Waals surface area (Å²) in [5.41, 5.74) is 6.23. The van der Waals surface area contributed by atoms with Gasteiger partial charge in [-0.15, -0.1) is 5.10 Å². The molecule has 0 aliphatic carbocycles. The molecule has 5 nitrogen and oxygen atoms in total. The molecule has 1 aromatic carbocycles. The van der Waals surface area contributed by atoms with Gasteiger partial charge in [-0.2, -0.15) is 0 Å². The third kappa shape index (κ3) is 2.71. The highest BCUT2D eigenvalue weighted by molar-refractivity contribution is 7.99. The quantitative estimate of drug-likeness (QED) is 0.898. The van der Waals surface area contributed by atoms with Crippen LogP contribution in [0.3, 0.4) is 0 Å². The van der Waals surface area contributed by atoms with Gasteiger partial charge in [0.15, 0.2) is 5.16 Å². The summed E-state index contributed by atoms with van der Waals surface area (Å²) in [5.74, 6) is -0.363. The highest BCUT2D eigenvalue weighted by atomic mass is 32.2. The largest absolute Gasteiger partial charge is 0.343 e. The number of nitrogens with one attached hydrogen (secondary N) is 1. The third-order valence-electron chi connectivity index (χ3n) is 2.72. The number of benzene rings is 1. The summed E-state index contributed by atoms with van der Waals surface area (Å²) in [6, 6.07) is 4.47. The van der Waals surface area contributed by atoms with Crippen molar-refractivity contribution in [2.24, 2.45) is 5.73 Å². The Morgan fingerprint density at radius 3 is 2.95 bits per heavy atom. The van der Waals surface area contributed by atoms with Crippen LogP contribution in [0.15, 0.2) is 33.0 Å². The molecule has 0 unspecified atom stereocenters. The first kappa shape index (κ1) is 13.8. The van der Waals surface area contributed by atoms with Gasteiger partial charge in [-0.3, -0.25) is 4.57 Å². The molecule has 0 saturated heterocycles. The van der Waals surface area contributed by atoms with E-state index in [4.69, 9.17) is 5.73 Å². The van der Waals surface area contributed by atoms with Crippen molar-refractivity contribution in [3.63, 3.8) is 0 Å². The zero-order valence-corrected chi connectivity index (χ0v) is 11.5. The van der Waals surface area contributed by atoms with Crippen LogP contribution in [0, 0.1) is 5.82 Å². The first-order chi connectivity index (χ1) is 9.04. The Morgan fingerprint density at radius 2 is 2.32 bits per heavy atom. The van der Waals surface area contributed by atoms with Crippen molar-refractivity contribution in [3.05, 3.63) is 40.1 Å². The lowest BCUT2D eigenvalue weighted by molar-refractivity contribution is 0.589. The van der Waals surface area contributed by atoms with Crippen molar-refractivity contribution >= 4 is 11.8 Å². The lowest BCUT2D eigenvalue weighted by Gasteiger charge is -2.12. The Labute approximate surface area is 114 Å². The van der Waals surface area contributed by atoms with Crippen LogP contribution >= 0.6 is 11.8 Å². The van der Waals surface area contributed by atoms with Crippen molar-refractivity contribution in [1.29, 1.82) is 0 Å². The van der Waals surface area contributed by atoms with E-state index in [0.29, 0.717) is 22.2 Å². The number of aromatic amines is 1. The molecule has 102 valence electrons. The highest BCUT2D eigenvalue weighted by Gasteiger charge is 2.16. The van der Waals surface area contributed by atoms with Crippen molar-refractivity contribution in [3.8, 4) is 0 Å². The second-order valence-electron chi connectivity index (χ2n) is 4.10. The minimum Gasteiger partial charge on any atom is -0.324 e. The molecular weight excluding hydrogens is 267 g/mol. The monoisotopic (exact) mass is 282 g/mol. The van der Waals surface area contributed by atoms with E-state index in [0.717, 1.165) is 11.8 Å². The van der Waals surface area contributed by atoms with Crippen LogP contribution in [0.2, 0.25) is 0 Å². The molecule has 2 rings (SSSR count). The molecule has 19 heavy (non-hydrogen) atoms. The summed E-state index contributed by atoms with van der Waals surface area (Å²) >= 11 is 1.11. The van der Waals surface area contributed by atoms with Gasteiger partial charge in [0, 0.05) is 12.6 Å². The number of hydrogen-bond acceptors (Lipinski definition) is 4. The van der Waals surface area contributed by atoms with Crippen molar-refractivity contribution < 1.29 is 4.39 Å². The Morgan fingerprint density at radius 1 is 1.58 bits per heavy atom. The molecule has 2 aromatic rings. The van der Waals surface area contributed by atoms with Gasteiger partial charge in [-0.25, -0.2) is 14.3 Å². The molecule has 0 aliphatic heterocycles. The highest BCUT2D eigenvalue weighted by Crippen LogP contribution is 2.33. The number of aromatic nitrogens is 3. The average molecular weight is 282 g/mol. The summed E-state index contributed by atoms with van der Waals surface area (Å²) in [6.07, 6.45) is 0. The number of nitrogens with zero attached hydrogens (tertiary/aromatic N) is 2. The molecule has 3 N–H and O–H groups in total. The van der Waals surface area contributed by atoms with Gasteiger partial charge in [0.1, 0.15) is 5.82 Å². The van der Waals surface area contributed by atoms with Crippen LogP contribution in [0.1, 0.15) is 25.5 Å². The summed E-state index contributed by atoms with van der Waals surface area (Å²) in [5, 5.41) is 6.69. The van der Waals surface area contributed by atoms with Crippen LogP contribution in [0.25, 0.3) is 0 Å². The lowest BCUT2D eigenvalue weighted by Crippen LogP contribution is -2.16. The van der Waals surface area contributed by atoms with E-state index in [1.54, 1.807) is 19.1 Å². The third-order valence-corrected chi connectivity index (χ3v) is 3.85. The van der Waals surface area contributed by atoms with Gasteiger partial charge in [-0.1, -0.05) is 12.1 Å². The van der Waals surface area contributed by atoms with Gasteiger partial charge in [0.2, 0.25) is 0 Å². The van der Waals surface area contributed by atoms with E-state index in [9.17, 15) is 9.18 Å². The predicted molar refractivity (Wildman–Crippen MR) is 71.6 cm³/mol. The normalized spacial score (nSPS) is 12.6. The van der Waals surface area contributed by atoms with E-state index in [1.807, 2.05) is 6.92 Å². The SMILES string of the molecule is CCn1c(Sc2c(F)cccc2[C@H](C)N)n[nH]c1=O. The van der Waals surface area contributed by atoms with E-state index >= 15 is 0 Å². The number of rotatable bonds is 4. The van der Waals surface area contributed by atoms with E-state index in [1.165, 1.54) is 10.6 Å². The zero-order chi connectivity index (χ0) is 14.0. The van der Waals surface area contributed by atoms with Crippen molar-refractivity contribution in [2.75, 3.05) is 0 Å². The molecule has 1 atom stereocenters. The lowest BCUT2D eigenvalue weighted by atomic mass is 10.1. The Hall–Kier alpha value is -1.60. The van der Waals surface area contributed by atoms with Crippen LogP contribution in [-0.2, 0) is 6.54 Å². The predicted octanol–water partition coefficient (Wildman–Crippen LogP) is 1.90. The summed E-state index contributed by atoms with van der Waals surface area (Å²) in [6.45, 7) is 4.09. The first-order valence-electron chi connectivity index (χ1n) is 5.91.